The predicted molar refractivity (Wildman–Crippen MR) is 57.9 cm³/mol. The van der Waals surface area contributed by atoms with Crippen molar-refractivity contribution < 1.29 is 4.79 Å². The Morgan fingerprint density at radius 1 is 1.50 bits per heavy atom. The van der Waals surface area contributed by atoms with E-state index in [0.717, 1.165) is 19.4 Å². The molecule has 2 N–H and O–H groups in total. The molecule has 82 valence electrons. The van der Waals surface area contributed by atoms with E-state index in [0.29, 0.717) is 6.42 Å². The number of rotatable bonds is 2. The third kappa shape index (κ3) is 2.71. The Hall–Kier alpha value is -0.570. The maximum absolute atomic E-state index is 11.9. The molecule has 14 heavy (non-hydrogen) atoms. The summed E-state index contributed by atoms with van der Waals surface area (Å²) in [5, 5.41) is 0. The number of amides is 1. The molecule has 1 aliphatic rings. The second kappa shape index (κ2) is 3.54. The van der Waals surface area contributed by atoms with E-state index in [-0.39, 0.29) is 11.4 Å². The fourth-order valence-corrected chi connectivity index (χ4v) is 2.05. The first kappa shape index (κ1) is 11.5. The summed E-state index contributed by atoms with van der Waals surface area (Å²) in [6, 6.07) is 0. The zero-order valence-electron chi connectivity index (χ0n) is 9.76. The van der Waals surface area contributed by atoms with Crippen LogP contribution < -0.4 is 5.73 Å². The Bertz CT molecular complexity index is 228. The van der Waals surface area contributed by atoms with Crippen LogP contribution in [0.5, 0.6) is 0 Å². The Kier molecular flexibility index (Phi) is 2.91. The van der Waals surface area contributed by atoms with Gasteiger partial charge >= 0.3 is 0 Å². The Morgan fingerprint density at radius 3 is 2.43 bits per heavy atom. The zero-order chi connectivity index (χ0) is 11.0. The van der Waals surface area contributed by atoms with Gasteiger partial charge in [-0.2, -0.15) is 0 Å². The minimum absolute atomic E-state index is 0.0301. The van der Waals surface area contributed by atoms with Crippen molar-refractivity contribution in [2.75, 3.05) is 6.54 Å². The number of likely N-dealkylation sites (tertiary alicyclic amines) is 1. The van der Waals surface area contributed by atoms with E-state index in [1.807, 2.05) is 18.7 Å². The molecule has 1 amide bonds. The molecule has 0 aromatic heterocycles. The van der Waals surface area contributed by atoms with Crippen molar-refractivity contribution in [3.05, 3.63) is 0 Å². The fourth-order valence-electron chi connectivity index (χ4n) is 2.05. The topological polar surface area (TPSA) is 46.3 Å². The van der Waals surface area contributed by atoms with E-state index in [9.17, 15) is 4.79 Å². The molecular formula is C11H22N2O. The highest BCUT2D eigenvalue weighted by atomic mass is 16.2. The molecule has 1 saturated heterocycles. The standard InChI is InChI=1S/C11H22N2O/c1-10(2,12)8-9(14)13-7-5-6-11(13,3)4/h5-8,12H2,1-4H3. The van der Waals surface area contributed by atoms with Crippen molar-refractivity contribution in [1.29, 1.82) is 0 Å². The summed E-state index contributed by atoms with van der Waals surface area (Å²) >= 11 is 0. The van der Waals surface area contributed by atoms with E-state index < -0.39 is 5.54 Å². The molecule has 1 fully saturated rings. The van der Waals surface area contributed by atoms with E-state index in [1.54, 1.807) is 0 Å². The molecule has 0 spiro atoms. The van der Waals surface area contributed by atoms with Crippen LogP contribution in [0.3, 0.4) is 0 Å². The summed E-state index contributed by atoms with van der Waals surface area (Å²) in [5.41, 5.74) is 5.48. The van der Waals surface area contributed by atoms with E-state index in [1.165, 1.54) is 0 Å². The summed E-state index contributed by atoms with van der Waals surface area (Å²) in [7, 11) is 0. The molecule has 1 rings (SSSR count). The van der Waals surface area contributed by atoms with Gasteiger partial charge in [-0.1, -0.05) is 0 Å². The first-order chi connectivity index (χ1) is 6.22. The van der Waals surface area contributed by atoms with Gasteiger partial charge in [0.15, 0.2) is 0 Å². The Morgan fingerprint density at radius 2 is 2.07 bits per heavy atom. The molecule has 0 saturated carbocycles. The molecule has 0 aromatic rings. The van der Waals surface area contributed by atoms with E-state index >= 15 is 0 Å². The molecule has 0 radical (unpaired) electrons. The van der Waals surface area contributed by atoms with E-state index in [2.05, 4.69) is 13.8 Å². The first-order valence-electron chi connectivity index (χ1n) is 5.32. The quantitative estimate of drug-likeness (QED) is 0.731. The second-order valence-corrected chi connectivity index (χ2v) is 5.63. The van der Waals surface area contributed by atoms with Crippen LogP contribution in [0.25, 0.3) is 0 Å². The van der Waals surface area contributed by atoms with Crippen LogP contribution in [0.1, 0.15) is 47.0 Å². The Balaban J connectivity index is 2.62. The maximum Gasteiger partial charge on any atom is 0.224 e. The lowest BCUT2D eigenvalue weighted by molar-refractivity contribution is -0.135. The van der Waals surface area contributed by atoms with Crippen LogP contribution in [-0.2, 0) is 4.79 Å². The predicted octanol–water partition coefficient (Wildman–Crippen LogP) is 1.51. The summed E-state index contributed by atoms with van der Waals surface area (Å²) in [4.78, 5) is 13.9. The lowest BCUT2D eigenvalue weighted by Crippen LogP contribution is -2.47. The van der Waals surface area contributed by atoms with Gasteiger partial charge in [0.05, 0.1) is 0 Å². The van der Waals surface area contributed by atoms with Gasteiger partial charge in [0.25, 0.3) is 0 Å². The minimum Gasteiger partial charge on any atom is -0.338 e. The third-order valence-electron chi connectivity index (χ3n) is 2.81. The van der Waals surface area contributed by atoms with Crippen LogP contribution in [0.2, 0.25) is 0 Å². The van der Waals surface area contributed by atoms with Crippen LogP contribution >= 0.6 is 0 Å². The fraction of sp³-hybridized carbons (Fsp3) is 0.909. The largest absolute Gasteiger partial charge is 0.338 e. The summed E-state index contributed by atoms with van der Waals surface area (Å²) in [6.45, 7) is 8.94. The molecule has 0 bridgehead atoms. The number of hydrogen-bond donors (Lipinski definition) is 1. The van der Waals surface area contributed by atoms with Crippen LogP contribution in [-0.4, -0.2) is 28.4 Å². The highest BCUT2D eigenvalue weighted by molar-refractivity contribution is 5.78. The third-order valence-corrected chi connectivity index (χ3v) is 2.81. The smallest absolute Gasteiger partial charge is 0.224 e. The lowest BCUT2D eigenvalue weighted by atomic mass is 9.98. The molecule has 0 unspecified atom stereocenters. The molecule has 3 nitrogen and oxygen atoms in total. The van der Waals surface area contributed by atoms with Crippen molar-refractivity contribution in [2.24, 2.45) is 5.73 Å². The van der Waals surface area contributed by atoms with Gasteiger partial charge in [-0.3, -0.25) is 4.79 Å². The average molecular weight is 198 g/mol. The van der Waals surface area contributed by atoms with Crippen LogP contribution in [0.15, 0.2) is 0 Å². The number of hydrogen-bond acceptors (Lipinski definition) is 2. The molecule has 1 heterocycles. The summed E-state index contributed by atoms with van der Waals surface area (Å²) in [6.07, 6.45) is 2.66. The number of nitrogens with zero attached hydrogens (tertiary/aromatic N) is 1. The first-order valence-corrected chi connectivity index (χ1v) is 5.32. The van der Waals surface area contributed by atoms with Crippen molar-refractivity contribution in [1.82, 2.24) is 4.90 Å². The highest BCUT2D eigenvalue weighted by Gasteiger charge is 2.36. The number of carbonyl (C=O) groups is 1. The van der Waals surface area contributed by atoms with Gasteiger partial charge in [-0.05, 0) is 40.5 Å². The minimum atomic E-state index is -0.393. The summed E-state index contributed by atoms with van der Waals surface area (Å²) in [5.74, 6) is 0.194. The molecule has 0 aliphatic carbocycles. The van der Waals surface area contributed by atoms with E-state index in [4.69, 9.17) is 5.73 Å². The Labute approximate surface area is 86.6 Å². The highest BCUT2D eigenvalue weighted by Crippen LogP contribution is 2.29. The zero-order valence-corrected chi connectivity index (χ0v) is 9.76. The van der Waals surface area contributed by atoms with Gasteiger partial charge in [-0.25, -0.2) is 0 Å². The van der Waals surface area contributed by atoms with Crippen molar-refractivity contribution in [2.45, 2.75) is 58.0 Å². The lowest BCUT2D eigenvalue weighted by Gasteiger charge is -2.33. The van der Waals surface area contributed by atoms with Crippen LogP contribution in [0, 0.1) is 0 Å². The molecule has 3 heteroatoms. The van der Waals surface area contributed by atoms with Gasteiger partial charge in [0.2, 0.25) is 5.91 Å². The maximum atomic E-state index is 11.9. The summed E-state index contributed by atoms with van der Waals surface area (Å²) < 4.78 is 0. The van der Waals surface area contributed by atoms with Gasteiger partial charge in [0.1, 0.15) is 0 Å². The van der Waals surface area contributed by atoms with Gasteiger partial charge in [-0.15, -0.1) is 0 Å². The number of nitrogens with two attached hydrogens (primary N) is 1. The molecule has 1 aliphatic heterocycles. The van der Waals surface area contributed by atoms with Crippen molar-refractivity contribution in [3.8, 4) is 0 Å². The molecule has 0 aromatic carbocycles. The average Bonchev–Trinajstić information content (AvgIpc) is 2.25. The van der Waals surface area contributed by atoms with Gasteiger partial charge in [0, 0.05) is 24.0 Å². The molecular weight excluding hydrogens is 176 g/mol. The monoisotopic (exact) mass is 198 g/mol. The number of carbonyl (C=O) groups excluding carboxylic acids is 1. The second-order valence-electron chi connectivity index (χ2n) is 5.63. The SMILES string of the molecule is CC(C)(N)CC(=O)N1CCCC1(C)C. The van der Waals surface area contributed by atoms with Gasteiger partial charge < -0.3 is 10.6 Å². The molecule has 0 atom stereocenters. The van der Waals surface area contributed by atoms with Crippen LogP contribution in [0.4, 0.5) is 0 Å². The van der Waals surface area contributed by atoms with Crippen molar-refractivity contribution >= 4 is 5.91 Å². The normalized spacial score (nSPS) is 21.4. The van der Waals surface area contributed by atoms with Crippen molar-refractivity contribution in [3.63, 3.8) is 0 Å².